The Balaban J connectivity index is 1.96. The van der Waals surface area contributed by atoms with Gasteiger partial charge in [0.05, 0.1) is 11.1 Å². The number of carbonyl (C=O) groups is 4. The number of aromatic hydroxyl groups is 2. The number of amides is 4. The Kier molecular flexibility index (Phi) is 11.8. The van der Waals surface area contributed by atoms with Crippen molar-refractivity contribution in [1.82, 2.24) is 21.7 Å². The van der Waals surface area contributed by atoms with Crippen LogP contribution in [0.3, 0.4) is 0 Å². The van der Waals surface area contributed by atoms with Gasteiger partial charge in [0.15, 0.2) is 0 Å². The van der Waals surface area contributed by atoms with E-state index in [2.05, 4.69) is 28.6 Å². The first-order valence-corrected chi connectivity index (χ1v) is 12.1. The second-order valence-electron chi connectivity index (χ2n) is 8.38. The maximum atomic E-state index is 12.8. The van der Waals surface area contributed by atoms with Gasteiger partial charge >= 0.3 is 0 Å². The van der Waals surface area contributed by atoms with Crippen molar-refractivity contribution in [3.63, 3.8) is 0 Å². The predicted molar refractivity (Wildman–Crippen MR) is 134 cm³/mol. The number of hydrazine groups is 2. The van der Waals surface area contributed by atoms with Crippen LogP contribution in [0.1, 0.15) is 79.0 Å². The zero-order valence-corrected chi connectivity index (χ0v) is 20.4. The van der Waals surface area contributed by atoms with Crippen LogP contribution >= 0.6 is 0 Å². The summed E-state index contributed by atoms with van der Waals surface area (Å²) in [4.78, 5) is 50.1. The third-order valence-corrected chi connectivity index (χ3v) is 5.63. The van der Waals surface area contributed by atoms with Gasteiger partial charge in [0.25, 0.3) is 23.6 Å². The number of benzene rings is 2. The quantitative estimate of drug-likeness (QED) is 0.150. The molecule has 0 aliphatic rings. The van der Waals surface area contributed by atoms with Gasteiger partial charge in [-0.1, -0.05) is 76.1 Å². The summed E-state index contributed by atoms with van der Waals surface area (Å²) < 4.78 is 0. The van der Waals surface area contributed by atoms with Gasteiger partial charge < -0.3 is 10.2 Å². The highest BCUT2D eigenvalue weighted by Gasteiger charge is 2.27. The van der Waals surface area contributed by atoms with Gasteiger partial charge in [-0.2, -0.15) is 0 Å². The molecule has 4 amide bonds. The number of carbonyl (C=O) groups excluding carboxylic acids is 4. The lowest BCUT2D eigenvalue weighted by Gasteiger charge is -2.18. The van der Waals surface area contributed by atoms with Crippen molar-refractivity contribution in [2.24, 2.45) is 5.92 Å². The molecule has 0 atom stereocenters. The average Bonchev–Trinajstić information content (AvgIpc) is 2.87. The molecule has 194 valence electrons. The molecule has 0 saturated carbocycles. The van der Waals surface area contributed by atoms with Crippen LogP contribution in [0.4, 0.5) is 0 Å². The van der Waals surface area contributed by atoms with Crippen molar-refractivity contribution in [2.45, 2.75) is 58.3 Å². The van der Waals surface area contributed by atoms with Crippen molar-refractivity contribution in [1.29, 1.82) is 0 Å². The maximum Gasteiger partial charge on any atom is 0.273 e. The van der Waals surface area contributed by atoms with E-state index in [1.165, 1.54) is 30.7 Å². The number of phenolic OH excluding ortho intramolecular Hbond substituents is 2. The lowest BCUT2D eigenvalue weighted by molar-refractivity contribution is -0.136. The first-order chi connectivity index (χ1) is 17.3. The van der Waals surface area contributed by atoms with Gasteiger partial charge in [0.1, 0.15) is 17.4 Å². The monoisotopic (exact) mass is 498 g/mol. The number of unbranched alkanes of at least 4 members (excludes halogenated alkanes) is 6. The summed E-state index contributed by atoms with van der Waals surface area (Å²) in [5.41, 5.74) is 8.76. The smallest absolute Gasteiger partial charge is 0.273 e. The lowest BCUT2D eigenvalue weighted by Crippen LogP contribution is -2.51. The van der Waals surface area contributed by atoms with E-state index in [1.54, 1.807) is 24.3 Å². The second kappa shape index (κ2) is 15.0. The van der Waals surface area contributed by atoms with Gasteiger partial charge in [0, 0.05) is 0 Å². The normalized spacial score (nSPS) is 10.5. The molecule has 0 fully saturated rings. The molecule has 0 radical (unpaired) electrons. The molecule has 10 nitrogen and oxygen atoms in total. The van der Waals surface area contributed by atoms with Crippen LogP contribution in [-0.2, 0) is 9.59 Å². The Morgan fingerprint density at radius 2 is 1.06 bits per heavy atom. The Bertz CT molecular complexity index is 969. The van der Waals surface area contributed by atoms with E-state index in [9.17, 15) is 29.4 Å². The van der Waals surface area contributed by atoms with Crippen LogP contribution in [0.15, 0.2) is 48.5 Å². The second-order valence-corrected chi connectivity index (χ2v) is 8.38. The van der Waals surface area contributed by atoms with Crippen LogP contribution in [0.5, 0.6) is 11.5 Å². The largest absolute Gasteiger partial charge is 0.507 e. The first-order valence-electron chi connectivity index (χ1n) is 12.1. The Morgan fingerprint density at radius 1 is 0.639 bits per heavy atom. The number of hydrogen-bond acceptors (Lipinski definition) is 6. The zero-order chi connectivity index (χ0) is 26.3. The minimum absolute atomic E-state index is 0.0409. The van der Waals surface area contributed by atoms with Gasteiger partial charge in [-0.3, -0.25) is 40.9 Å². The number of hydrogen-bond donors (Lipinski definition) is 6. The highest BCUT2D eigenvalue weighted by molar-refractivity contribution is 6.04. The maximum absolute atomic E-state index is 12.8. The summed E-state index contributed by atoms with van der Waals surface area (Å²) in [6, 6.07) is 11.7. The summed E-state index contributed by atoms with van der Waals surface area (Å²) in [6.07, 6.45) is 7.12. The fraction of sp³-hybridized carbons (Fsp3) is 0.385. The molecule has 0 spiro atoms. The van der Waals surface area contributed by atoms with Crippen molar-refractivity contribution in [2.75, 3.05) is 0 Å². The minimum atomic E-state index is -1.20. The Labute approximate surface area is 210 Å². The number of nitrogens with one attached hydrogen (secondary N) is 4. The van der Waals surface area contributed by atoms with Crippen molar-refractivity contribution < 1.29 is 29.4 Å². The van der Waals surface area contributed by atoms with E-state index in [4.69, 9.17) is 0 Å². The molecule has 0 unspecified atom stereocenters. The van der Waals surface area contributed by atoms with Crippen molar-refractivity contribution in [3.8, 4) is 11.5 Å². The molecule has 0 saturated heterocycles. The molecule has 0 bridgehead atoms. The molecule has 2 rings (SSSR count). The summed E-state index contributed by atoms with van der Waals surface area (Å²) in [5.74, 6) is -4.73. The number of para-hydroxylation sites is 2. The SMILES string of the molecule is CCCCCCCCCC(C(=O)NNC(=O)c1ccccc1O)C(=O)NNC(=O)c1ccccc1O. The summed E-state index contributed by atoms with van der Waals surface area (Å²) in [7, 11) is 0. The van der Waals surface area contributed by atoms with Crippen LogP contribution in [0.2, 0.25) is 0 Å². The molecule has 0 aromatic heterocycles. The van der Waals surface area contributed by atoms with E-state index in [0.29, 0.717) is 6.42 Å². The zero-order valence-electron chi connectivity index (χ0n) is 20.4. The molecular weight excluding hydrogens is 464 g/mol. The number of phenols is 2. The van der Waals surface area contributed by atoms with Crippen LogP contribution in [-0.4, -0.2) is 33.8 Å². The van der Waals surface area contributed by atoms with E-state index >= 15 is 0 Å². The lowest BCUT2D eigenvalue weighted by atomic mass is 9.98. The van der Waals surface area contributed by atoms with Crippen molar-refractivity contribution in [3.05, 3.63) is 59.7 Å². The summed E-state index contributed by atoms with van der Waals surface area (Å²) in [6.45, 7) is 2.14. The molecule has 36 heavy (non-hydrogen) atoms. The third-order valence-electron chi connectivity index (χ3n) is 5.63. The molecule has 0 aliphatic heterocycles. The van der Waals surface area contributed by atoms with Crippen molar-refractivity contribution >= 4 is 23.6 Å². The Morgan fingerprint density at radius 3 is 1.50 bits per heavy atom. The molecule has 2 aromatic carbocycles. The van der Waals surface area contributed by atoms with Gasteiger partial charge in [0.2, 0.25) is 0 Å². The van der Waals surface area contributed by atoms with Gasteiger partial charge in [-0.15, -0.1) is 0 Å². The summed E-state index contributed by atoms with van der Waals surface area (Å²) >= 11 is 0. The molecule has 6 N–H and O–H groups in total. The Hall–Kier alpha value is -4.08. The molecule has 10 heteroatoms. The van der Waals surface area contributed by atoms with Gasteiger partial charge in [-0.25, -0.2) is 0 Å². The highest BCUT2D eigenvalue weighted by Crippen LogP contribution is 2.17. The molecule has 0 heterocycles. The fourth-order valence-corrected chi connectivity index (χ4v) is 3.56. The molecule has 0 aliphatic carbocycles. The van der Waals surface area contributed by atoms with E-state index in [0.717, 1.165) is 32.1 Å². The van der Waals surface area contributed by atoms with Crippen LogP contribution < -0.4 is 21.7 Å². The minimum Gasteiger partial charge on any atom is -0.507 e. The van der Waals surface area contributed by atoms with E-state index in [1.807, 2.05) is 0 Å². The molecule has 2 aromatic rings. The predicted octanol–water partition coefficient (Wildman–Crippen LogP) is 3.08. The van der Waals surface area contributed by atoms with Gasteiger partial charge in [-0.05, 0) is 30.7 Å². The summed E-state index contributed by atoms with van der Waals surface area (Å²) in [5, 5.41) is 19.6. The van der Waals surface area contributed by atoms with Crippen LogP contribution in [0.25, 0.3) is 0 Å². The van der Waals surface area contributed by atoms with Crippen LogP contribution in [0, 0.1) is 5.92 Å². The standard InChI is InChI=1S/C26H34N4O6/c1-2-3-4-5-6-7-8-15-20(25(35)29-27-23(33)18-13-9-11-16-21(18)31)26(36)30-28-24(34)19-14-10-12-17-22(19)32/h9-14,16-17,20,31-32H,2-8,15H2,1H3,(H,27,33)(H,28,34)(H,29,35)(H,30,36). The van der Waals surface area contributed by atoms with E-state index < -0.39 is 29.5 Å². The third kappa shape index (κ3) is 8.94. The fourth-order valence-electron chi connectivity index (χ4n) is 3.56. The topological polar surface area (TPSA) is 157 Å². The molecular formula is C26H34N4O6. The first kappa shape index (κ1) is 28.2. The average molecular weight is 499 g/mol. The van der Waals surface area contributed by atoms with E-state index in [-0.39, 0.29) is 29.0 Å². The highest BCUT2D eigenvalue weighted by atomic mass is 16.3. The number of rotatable bonds is 12.